The number of hydrogen-bond acceptors (Lipinski definition) is 4. The monoisotopic (exact) mass is 314 g/mol. The lowest BCUT2D eigenvalue weighted by atomic mass is 9.91. The summed E-state index contributed by atoms with van der Waals surface area (Å²) in [5.41, 5.74) is -0.0545. The van der Waals surface area contributed by atoms with Crippen LogP contribution in [-0.2, 0) is 16.6 Å². The first-order valence-corrected chi connectivity index (χ1v) is 9.04. The van der Waals surface area contributed by atoms with Gasteiger partial charge >= 0.3 is 0 Å². The van der Waals surface area contributed by atoms with Crippen LogP contribution in [0.25, 0.3) is 0 Å². The molecule has 0 radical (unpaired) electrons. The Morgan fingerprint density at radius 3 is 2.62 bits per heavy atom. The Kier molecular flexibility index (Phi) is 4.80. The summed E-state index contributed by atoms with van der Waals surface area (Å²) in [5.74, 6) is 1.12. The molecule has 0 aliphatic heterocycles. The van der Waals surface area contributed by atoms with Crippen molar-refractivity contribution in [3.63, 3.8) is 0 Å². The minimum absolute atomic E-state index is 0.0545. The van der Waals surface area contributed by atoms with Gasteiger partial charge in [0.15, 0.2) is 0 Å². The van der Waals surface area contributed by atoms with Gasteiger partial charge < -0.3 is 9.73 Å². The molecule has 0 bridgehead atoms. The highest BCUT2D eigenvalue weighted by Crippen LogP contribution is 2.24. The number of aryl methyl sites for hydroxylation is 1. The van der Waals surface area contributed by atoms with Gasteiger partial charge in [-0.2, -0.15) is 0 Å². The molecule has 1 aromatic heterocycles. The van der Waals surface area contributed by atoms with Crippen molar-refractivity contribution in [3.8, 4) is 0 Å². The second-order valence-corrected chi connectivity index (χ2v) is 8.37. The van der Waals surface area contributed by atoms with Crippen molar-refractivity contribution in [2.24, 2.45) is 5.41 Å². The maximum atomic E-state index is 12.4. The minimum Gasteiger partial charge on any atom is -0.464 e. The number of furan rings is 1. The zero-order valence-electron chi connectivity index (χ0n) is 13.3. The van der Waals surface area contributed by atoms with Gasteiger partial charge in [0.25, 0.3) is 0 Å². The van der Waals surface area contributed by atoms with Crippen molar-refractivity contribution in [2.45, 2.75) is 64.4 Å². The van der Waals surface area contributed by atoms with E-state index in [0.717, 1.165) is 6.42 Å². The topological polar surface area (TPSA) is 71.3 Å². The molecule has 6 heteroatoms. The van der Waals surface area contributed by atoms with E-state index in [1.165, 1.54) is 12.8 Å². The molecule has 0 amide bonds. The molecule has 1 fully saturated rings. The molecule has 0 saturated heterocycles. The molecular formula is C15H26N2O3S. The van der Waals surface area contributed by atoms with Gasteiger partial charge in [-0.1, -0.05) is 20.8 Å². The van der Waals surface area contributed by atoms with E-state index >= 15 is 0 Å². The van der Waals surface area contributed by atoms with E-state index in [1.54, 1.807) is 13.0 Å². The van der Waals surface area contributed by atoms with Crippen molar-refractivity contribution >= 4 is 10.0 Å². The zero-order chi connectivity index (χ0) is 15.7. The highest BCUT2D eigenvalue weighted by molar-refractivity contribution is 7.89. The second-order valence-electron chi connectivity index (χ2n) is 6.63. The number of rotatable bonds is 8. The SMILES string of the molecule is CCC(C)(C)CNS(=O)(=O)c1cc(CNC2CC2)oc1C. The molecule has 0 aromatic carbocycles. The maximum absolute atomic E-state index is 12.4. The second kappa shape index (κ2) is 6.10. The molecule has 1 aromatic rings. The van der Waals surface area contributed by atoms with Crippen LogP contribution in [0, 0.1) is 12.3 Å². The molecule has 1 aliphatic rings. The third-order valence-electron chi connectivity index (χ3n) is 4.05. The van der Waals surface area contributed by atoms with Gasteiger partial charge in [0, 0.05) is 18.7 Å². The molecule has 1 heterocycles. The number of sulfonamides is 1. The van der Waals surface area contributed by atoms with Gasteiger partial charge in [0.2, 0.25) is 10.0 Å². The van der Waals surface area contributed by atoms with Gasteiger partial charge in [0.05, 0.1) is 6.54 Å². The van der Waals surface area contributed by atoms with Gasteiger partial charge in [-0.25, -0.2) is 13.1 Å². The Hall–Kier alpha value is -0.850. The molecule has 0 atom stereocenters. The summed E-state index contributed by atoms with van der Waals surface area (Å²) >= 11 is 0. The molecule has 0 spiro atoms. The van der Waals surface area contributed by atoms with Crippen molar-refractivity contribution < 1.29 is 12.8 Å². The third-order valence-corrected chi connectivity index (χ3v) is 5.56. The van der Waals surface area contributed by atoms with E-state index < -0.39 is 10.0 Å². The average Bonchev–Trinajstić information content (AvgIpc) is 3.17. The largest absolute Gasteiger partial charge is 0.464 e. The Morgan fingerprint density at radius 1 is 1.38 bits per heavy atom. The standard InChI is InChI=1S/C15H26N2O3S/c1-5-15(3,4)10-17-21(18,19)14-8-13(20-11(14)2)9-16-12-6-7-12/h8,12,16-17H,5-7,9-10H2,1-4H3. The van der Waals surface area contributed by atoms with Crippen LogP contribution in [-0.4, -0.2) is 21.0 Å². The lowest BCUT2D eigenvalue weighted by Crippen LogP contribution is -2.33. The summed E-state index contributed by atoms with van der Waals surface area (Å²) in [6.07, 6.45) is 3.30. The highest BCUT2D eigenvalue weighted by Gasteiger charge is 2.25. The van der Waals surface area contributed by atoms with Gasteiger partial charge in [0.1, 0.15) is 16.4 Å². The molecule has 1 aliphatic carbocycles. The summed E-state index contributed by atoms with van der Waals surface area (Å²) in [6, 6.07) is 2.20. The van der Waals surface area contributed by atoms with Crippen molar-refractivity contribution in [1.29, 1.82) is 0 Å². The van der Waals surface area contributed by atoms with Crippen LogP contribution in [0.15, 0.2) is 15.4 Å². The van der Waals surface area contributed by atoms with Crippen molar-refractivity contribution in [1.82, 2.24) is 10.0 Å². The lowest BCUT2D eigenvalue weighted by Gasteiger charge is -2.22. The van der Waals surface area contributed by atoms with Crippen LogP contribution in [0.3, 0.4) is 0 Å². The summed E-state index contributed by atoms with van der Waals surface area (Å²) in [5, 5.41) is 3.32. The Balaban J connectivity index is 2.04. The first-order valence-electron chi connectivity index (χ1n) is 7.56. The smallest absolute Gasteiger partial charge is 0.244 e. The maximum Gasteiger partial charge on any atom is 0.244 e. The van der Waals surface area contributed by atoms with Gasteiger partial charge in [-0.3, -0.25) is 0 Å². The van der Waals surface area contributed by atoms with Crippen LogP contribution in [0.1, 0.15) is 51.6 Å². The summed E-state index contributed by atoms with van der Waals surface area (Å²) in [7, 11) is -3.51. The molecule has 0 unspecified atom stereocenters. The predicted octanol–water partition coefficient (Wildman–Crippen LogP) is 2.55. The third kappa shape index (κ3) is 4.56. The predicted molar refractivity (Wildman–Crippen MR) is 82.6 cm³/mol. The minimum atomic E-state index is -3.51. The van der Waals surface area contributed by atoms with Crippen LogP contribution in [0.4, 0.5) is 0 Å². The summed E-state index contributed by atoms with van der Waals surface area (Å²) < 4.78 is 33.0. The zero-order valence-corrected chi connectivity index (χ0v) is 14.1. The Bertz CT molecular complexity index is 586. The van der Waals surface area contributed by atoms with E-state index in [-0.39, 0.29) is 10.3 Å². The number of hydrogen-bond donors (Lipinski definition) is 2. The molecule has 2 N–H and O–H groups in total. The van der Waals surface area contributed by atoms with Crippen molar-refractivity contribution in [3.05, 3.63) is 17.6 Å². The molecule has 5 nitrogen and oxygen atoms in total. The molecular weight excluding hydrogens is 288 g/mol. The van der Waals surface area contributed by atoms with Crippen molar-refractivity contribution in [2.75, 3.05) is 6.54 Å². The fourth-order valence-electron chi connectivity index (χ4n) is 1.90. The van der Waals surface area contributed by atoms with Gasteiger partial charge in [-0.15, -0.1) is 0 Å². The Labute approximate surface area is 127 Å². The first-order chi connectivity index (χ1) is 9.73. The van der Waals surface area contributed by atoms with Crippen LogP contribution >= 0.6 is 0 Å². The summed E-state index contributed by atoms with van der Waals surface area (Å²) in [6.45, 7) is 8.85. The fraction of sp³-hybridized carbons (Fsp3) is 0.733. The van der Waals surface area contributed by atoms with Crippen LogP contribution in [0.5, 0.6) is 0 Å². The number of nitrogens with one attached hydrogen (secondary N) is 2. The van der Waals surface area contributed by atoms with E-state index in [9.17, 15) is 8.42 Å². The summed E-state index contributed by atoms with van der Waals surface area (Å²) in [4.78, 5) is 0.252. The van der Waals surface area contributed by atoms with E-state index in [2.05, 4.69) is 17.0 Å². The van der Waals surface area contributed by atoms with Gasteiger partial charge in [-0.05, 0) is 31.6 Å². The molecule has 120 valence electrons. The van der Waals surface area contributed by atoms with E-state index in [1.807, 2.05) is 13.8 Å². The highest BCUT2D eigenvalue weighted by atomic mass is 32.2. The van der Waals surface area contributed by atoms with E-state index in [0.29, 0.717) is 30.7 Å². The molecule has 21 heavy (non-hydrogen) atoms. The molecule has 1 saturated carbocycles. The average molecular weight is 314 g/mol. The normalized spacial score (nSPS) is 16.4. The van der Waals surface area contributed by atoms with E-state index in [4.69, 9.17) is 4.42 Å². The fourth-order valence-corrected chi connectivity index (χ4v) is 3.35. The quantitative estimate of drug-likeness (QED) is 0.773. The van der Waals surface area contributed by atoms with Crippen LogP contribution in [0.2, 0.25) is 0 Å². The molecule has 2 rings (SSSR count). The first kappa shape index (κ1) is 16.5. The Morgan fingerprint density at radius 2 is 2.05 bits per heavy atom. The lowest BCUT2D eigenvalue weighted by molar-refractivity contribution is 0.350. The van der Waals surface area contributed by atoms with Crippen LogP contribution < -0.4 is 10.0 Å².